The molecule has 3 rings (SSSR count). The highest BCUT2D eigenvalue weighted by Gasteiger charge is 2.30. The van der Waals surface area contributed by atoms with Gasteiger partial charge in [-0.25, -0.2) is 8.42 Å². The Kier molecular flexibility index (Phi) is 5.59. The molecule has 29 heavy (non-hydrogen) atoms. The number of esters is 1. The van der Waals surface area contributed by atoms with Gasteiger partial charge in [-0.15, -0.1) is 0 Å². The zero-order valence-corrected chi connectivity index (χ0v) is 16.5. The third-order valence-electron chi connectivity index (χ3n) is 4.28. The number of ether oxygens (including phenoxy) is 3. The number of nitro groups is 1. The first kappa shape index (κ1) is 20.4. The largest absolute Gasteiger partial charge is 0.486 e. The summed E-state index contributed by atoms with van der Waals surface area (Å²) in [5.74, 6) is -0.0276. The predicted octanol–water partition coefficient (Wildman–Crippen LogP) is 2.04. The third-order valence-corrected chi connectivity index (χ3v) is 6.05. The molecule has 1 aliphatic rings. The molecular weight excluding hydrogens is 404 g/mol. The first-order valence-corrected chi connectivity index (χ1v) is 9.92. The van der Waals surface area contributed by atoms with Gasteiger partial charge in [0.15, 0.2) is 11.5 Å². The Bertz CT molecular complexity index is 1070. The molecule has 0 saturated heterocycles. The van der Waals surface area contributed by atoms with Crippen molar-refractivity contribution >= 4 is 27.4 Å². The van der Waals surface area contributed by atoms with Crippen molar-refractivity contribution in [2.24, 2.45) is 0 Å². The fourth-order valence-electron chi connectivity index (χ4n) is 2.76. The van der Waals surface area contributed by atoms with Gasteiger partial charge in [-0.3, -0.25) is 19.2 Å². The van der Waals surface area contributed by atoms with E-state index >= 15 is 0 Å². The van der Waals surface area contributed by atoms with Crippen LogP contribution in [0.25, 0.3) is 0 Å². The molecule has 2 aromatic carbocycles. The second kappa shape index (κ2) is 7.95. The van der Waals surface area contributed by atoms with Crippen LogP contribution in [0.4, 0.5) is 11.4 Å². The lowest BCUT2D eigenvalue weighted by Gasteiger charge is -2.25. The smallest absolute Gasteiger partial charge is 0.326 e. The van der Waals surface area contributed by atoms with E-state index in [-0.39, 0.29) is 16.3 Å². The summed E-state index contributed by atoms with van der Waals surface area (Å²) in [6.07, 6.45) is 0. The van der Waals surface area contributed by atoms with Crippen LogP contribution in [0.15, 0.2) is 41.3 Å². The van der Waals surface area contributed by atoms with Gasteiger partial charge in [0.25, 0.3) is 15.7 Å². The fraction of sp³-hybridized carbons (Fsp3) is 0.278. The lowest BCUT2D eigenvalue weighted by Crippen LogP contribution is -2.36. The molecular formula is C18H18N2O8S. The van der Waals surface area contributed by atoms with Gasteiger partial charge in [0.05, 0.1) is 22.6 Å². The van der Waals surface area contributed by atoms with E-state index in [1.54, 1.807) is 0 Å². The fourth-order valence-corrected chi connectivity index (χ4v) is 4.18. The molecule has 2 aromatic rings. The molecule has 0 fully saturated rings. The van der Waals surface area contributed by atoms with E-state index in [1.807, 2.05) is 0 Å². The van der Waals surface area contributed by atoms with E-state index in [2.05, 4.69) is 4.74 Å². The molecule has 154 valence electrons. The summed E-state index contributed by atoms with van der Waals surface area (Å²) in [5.41, 5.74) is 0.0990. The van der Waals surface area contributed by atoms with Gasteiger partial charge in [-0.2, -0.15) is 0 Å². The van der Waals surface area contributed by atoms with Crippen LogP contribution in [0.1, 0.15) is 5.56 Å². The minimum Gasteiger partial charge on any atom is -0.486 e. The van der Waals surface area contributed by atoms with Gasteiger partial charge in [-0.05, 0) is 25.1 Å². The number of benzene rings is 2. The van der Waals surface area contributed by atoms with Crippen LogP contribution in [0.3, 0.4) is 0 Å². The average Bonchev–Trinajstić information content (AvgIpc) is 2.71. The molecule has 0 aliphatic carbocycles. The monoisotopic (exact) mass is 422 g/mol. The Morgan fingerprint density at radius 3 is 2.52 bits per heavy atom. The minimum absolute atomic E-state index is 0.128. The van der Waals surface area contributed by atoms with E-state index in [1.165, 1.54) is 37.3 Å². The van der Waals surface area contributed by atoms with Gasteiger partial charge >= 0.3 is 5.97 Å². The van der Waals surface area contributed by atoms with Gasteiger partial charge < -0.3 is 14.2 Å². The molecule has 1 aliphatic heterocycles. The predicted molar refractivity (Wildman–Crippen MR) is 102 cm³/mol. The molecule has 0 aromatic heterocycles. The van der Waals surface area contributed by atoms with Crippen LogP contribution in [-0.4, -0.2) is 46.2 Å². The number of hydrogen-bond acceptors (Lipinski definition) is 8. The number of nitro benzene ring substituents is 1. The van der Waals surface area contributed by atoms with E-state index in [4.69, 9.17) is 9.47 Å². The number of fused-ring (bicyclic) bond motifs is 1. The maximum atomic E-state index is 13.3. The van der Waals surface area contributed by atoms with Crippen molar-refractivity contribution in [3.63, 3.8) is 0 Å². The molecule has 0 amide bonds. The number of carbonyl (C=O) groups is 1. The van der Waals surface area contributed by atoms with Crippen LogP contribution in [-0.2, 0) is 19.6 Å². The summed E-state index contributed by atoms with van der Waals surface area (Å²) < 4.78 is 42.9. The molecule has 0 bridgehead atoms. The lowest BCUT2D eigenvalue weighted by atomic mass is 10.2. The topological polar surface area (TPSA) is 125 Å². The summed E-state index contributed by atoms with van der Waals surface area (Å²) in [6.45, 7) is 1.54. The number of hydrogen-bond donors (Lipinski definition) is 0. The highest BCUT2D eigenvalue weighted by Crippen LogP contribution is 2.36. The highest BCUT2D eigenvalue weighted by molar-refractivity contribution is 7.92. The zero-order valence-electron chi connectivity index (χ0n) is 15.7. The number of aryl methyl sites for hydroxylation is 1. The number of methoxy groups -OCH3 is 1. The van der Waals surface area contributed by atoms with Crippen molar-refractivity contribution in [2.75, 3.05) is 31.2 Å². The Morgan fingerprint density at radius 1 is 1.17 bits per heavy atom. The minimum atomic E-state index is -4.33. The SMILES string of the molecule is COC(=O)CN(c1ccc2c(c1)OCCO2)S(=O)(=O)c1ccc(C)c([N+](=O)[O-])c1. The molecule has 0 atom stereocenters. The van der Waals surface area contributed by atoms with Crippen molar-refractivity contribution in [1.29, 1.82) is 0 Å². The zero-order chi connectivity index (χ0) is 21.2. The highest BCUT2D eigenvalue weighted by atomic mass is 32.2. The Hall–Kier alpha value is -3.34. The molecule has 0 saturated carbocycles. The van der Waals surface area contributed by atoms with Crippen LogP contribution < -0.4 is 13.8 Å². The number of carbonyl (C=O) groups excluding carboxylic acids is 1. The van der Waals surface area contributed by atoms with Gasteiger partial charge in [0, 0.05) is 17.7 Å². The lowest BCUT2D eigenvalue weighted by molar-refractivity contribution is -0.385. The molecule has 11 heteroatoms. The molecule has 1 heterocycles. The number of sulfonamides is 1. The summed E-state index contributed by atoms with van der Waals surface area (Å²) in [7, 11) is -3.19. The normalized spacial score (nSPS) is 12.9. The summed E-state index contributed by atoms with van der Waals surface area (Å²) in [5, 5.41) is 11.2. The second-order valence-electron chi connectivity index (χ2n) is 6.12. The summed E-state index contributed by atoms with van der Waals surface area (Å²) in [6, 6.07) is 7.97. The van der Waals surface area contributed by atoms with Crippen LogP contribution in [0.2, 0.25) is 0 Å². The standard InChI is InChI=1S/C18H18N2O8S/c1-12-3-5-14(10-15(12)20(22)23)29(24,25)19(11-18(21)26-2)13-4-6-16-17(9-13)28-8-7-27-16/h3-6,9-10H,7-8,11H2,1-2H3. The van der Waals surface area contributed by atoms with Crippen LogP contribution >= 0.6 is 0 Å². The van der Waals surface area contributed by atoms with E-state index in [0.717, 1.165) is 17.5 Å². The second-order valence-corrected chi connectivity index (χ2v) is 7.98. The first-order chi connectivity index (χ1) is 13.7. The van der Waals surface area contributed by atoms with Crippen molar-refractivity contribution in [3.8, 4) is 11.5 Å². The number of rotatable bonds is 6. The van der Waals surface area contributed by atoms with E-state index in [0.29, 0.717) is 30.3 Å². The van der Waals surface area contributed by atoms with Gasteiger partial charge in [0.2, 0.25) is 0 Å². The molecule has 10 nitrogen and oxygen atoms in total. The number of nitrogens with zero attached hydrogens (tertiary/aromatic N) is 2. The summed E-state index contributed by atoms with van der Waals surface area (Å²) in [4.78, 5) is 22.1. The molecule has 0 unspecified atom stereocenters. The van der Waals surface area contributed by atoms with Gasteiger partial charge in [0.1, 0.15) is 19.8 Å². The number of anilines is 1. The Balaban J connectivity index is 2.10. The van der Waals surface area contributed by atoms with Gasteiger partial charge in [-0.1, -0.05) is 6.07 Å². The van der Waals surface area contributed by atoms with Crippen molar-refractivity contribution < 1.29 is 32.3 Å². The maximum Gasteiger partial charge on any atom is 0.326 e. The average molecular weight is 422 g/mol. The molecule has 0 radical (unpaired) electrons. The van der Waals surface area contributed by atoms with Crippen LogP contribution in [0, 0.1) is 17.0 Å². The van der Waals surface area contributed by atoms with Crippen molar-refractivity contribution in [1.82, 2.24) is 0 Å². The molecule has 0 spiro atoms. The molecule has 0 N–H and O–H groups in total. The summed E-state index contributed by atoms with van der Waals surface area (Å²) >= 11 is 0. The van der Waals surface area contributed by atoms with E-state index < -0.39 is 27.5 Å². The quantitative estimate of drug-likeness (QED) is 0.393. The Morgan fingerprint density at radius 2 is 1.86 bits per heavy atom. The third kappa shape index (κ3) is 4.09. The van der Waals surface area contributed by atoms with Crippen LogP contribution in [0.5, 0.6) is 11.5 Å². The first-order valence-electron chi connectivity index (χ1n) is 8.48. The van der Waals surface area contributed by atoms with E-state index in [9.17, 15) is 23.3 Å². The van der Waals surface area contributed by atoms with Crippen molar-refractivity contribution in [2.45, 2.75) is 11.8 Å². The van der Waals surface area contributed by atoms with Crippen molar-refractivity contribution in [3.05, 3.63) is 52.1 Å². The maximum absolute atomic E-state index is 13.3. The Labute approximate surface area is 166 Å².